The highest BCUT2D eigenvalue weighted by Crippen LogP contribution is 2.54. The van der Waals surface area contributed by atoms with Crippen molar-refractivity contribution in [2.24, 2.45) is 23.7 Å². The largest absolute Gasteiger partial charge is 0.399 e. The number of cyclic esters (lactones) is 4. The van der Waals surface area contributed by atoms with Crippen LogP contribution in [0.15, 0.2) is 48.5 Å². The maximum absolute atomic E-state index is 11.1. The van der Waals surface area contributed by atoms with Crippen LogP contribution in [0.2, 0.25) is 0 Å². The van der Waals surface area contributed by atoms with Crippen LogP contribution in [0.5, 0.6) is 0 Å². The van der Waals surface area contributed by atoms with Crippen LogP contribution in [0.4, 0.5) is 11.4 Å². The molecular weight excluding hydrogens is 388 g/mol. The van der Waals surface area contributed by atoms with Gasteiger partial charge in [0.15, 0.2) is 0 Å². The molecule has 8 heteroatoms. The first-order valence-electron chi connectivity index (χ1n) is 9.25. The Bertz CT molecular complexity index is 929. The molecule has 0 spiro atoms. The monoisotopic (exact) mass is 406 g/mol. The quantitative estimate of drug-likeness (QED) is 0.332. The van der Waals surface area contributed by atoms with Gasteiger partial charge in [0, 0.05) is 11.4 Å². The number of anilines is 2. The Hall–Kier alpha value is -3.94. The molecule has 152 valence electrons. The Labute approximate surface area is 171 Å². The highest BCUT2D eigenvalue weighted by atomic mass is 16.6. The number of benzene rings is 2. The van der Waals surface area contributed by atoms with Gasteiger partial charge in [0.2, 0.25) is 0 Å². The number of ether oxygens (including phenoxy) is 2. The van der Waals surface area contributed by atoms with Crippen LogP contribution in [-0.4, -0.2) is 23.9 Å². The van der Waals surface area contributed by atoms with Gasteiger partial charge >= 0.3 is 23.9 Å². The number of rotatable bonds is 2. The smallest absolute Gasteiger partial charge is 0.318 e. The number of fused-ring (bicyclic) bond motifs is 4. The molecule has 3 fully saturated rings. The summed E-state index contributed by atoms with van der Waals surface area (Å²) in [5, 5.41) is 0. The van der Waals surface area contributed by atoms with Crippen molar-refractivity contribution in [3.63, 3.8) is 0 Å². The zero-order valence-electron chi connectivity index (χ0n) is 15.7. The van der Waals surface area contributed by atoms with E-state index >= 15 is 0 Å². The normalized spacial score (nSPS) is 26.3. The number of esters is 4. The predicted molar refractivity (Wildman–Crippen MR) is 107 cm³/mol. The molecule has 0 aromatic heterocycles. The molecule has 0 bridgehead atoms. The van der Waals surface area contributed by atoms with E-state index in [-0.39, 0.29) is 0 Å². The Balaban J connectivity index is 0.000000146. The van der Waals surface area contributed by atoms with Crippen LogP contribution in [0, 0.1) is 23.7 Å². The lowest BCUT2D eigenvalue weighted by Crippen LogP contribution is -2.50. The first kappa shape index (κ1) is 19.4. The highest BCUT2D eigenvalue weighted by Gasteiger charge is 2.72. The summed E-state index contributed by atoms with van der Waals surface area (Å²) in [6, 6.07) is 15.5. The number of nitrogens with two attached hydrogens (primary N) is 2. The third-order valence-electron chi connectivity index (χ3n) is 5.38. The van der Waals surface area contributed by atoms with Gasteiger partial charge in [-0.15, -0.1) is 0 Å². The zero-order chi connectivity index (χ0) is 21.4. The molecule has 2 aromatic carbocycles. The summed E-state index contributed by atoms with van der Waals surface area (Å²) in [5.41, 5.74) is 15.1. The molecule has 0 amide bonds. The second-order valence-corrected chi connectivity index (χ2v) is 7.25. The van der Waals surface area contributed by atoms with Gasteiger partial charge in [-0.3, -0.25) is 19.2 Å². The fraction of sp³-hybridized carbons (Fsp3) is 0.182. The van der Waals surface area contributed by atoms with Gasteiger partial charge in [0.05, 0.1) is 23.7 Å². The van der Waals surface area contributed by atoms with E-state index in [0.29, 0.717) is 0 Å². The van der Waals surface area contributed by atoms with E-state index in [4.69, 9.17) is 11.5 Å². The lowest BCUT2D eigenvalue weighted by Gasteiger charge is -2.33. The topological polar surface area (TPSA) is 139 Å². The van der Waals surface area contributed by atoms with E-state index in [9.17, 15) is 19.2 Å². The number of nitrogen functional groups attached to an aromatic ring is 2. The summed E-state index contributed by atoms with van der Waals surface area (Å²) in [6.07, 6.45) is 4.09. The van der Waals surface area contributed by atoms with Gasteiger partial charge in [-0.25, -0.2) is 0 Å². The van der Waals surface area contributed by atoms with Gasteiger partial charge < -0.3 is 20.9 Å². The van der Waals surface area contributed by atoms with Crippen molar-refractivity contribution in [1.82, 2.24) is 0 Å². The lowest BCUT2D eigenvalue weighted by atomic mass is 9.59. The molecule has 3 aliphatic rings. The molecule has 2 saturated heterocycles. The van der Waals surface area contributed by atoms with E-state index in [1.165, 1.54) is 0 Å². The predicted octanol–water partition coefficient (Wildman–Crippen LogP) is 1.65. The summed E-state index contributed by atoms with van der Waals surface area (Å²) in [5.74, 6) is -6.00. The Morgan fingerprint density at radius 1 is 0.533 bits per heavy atom. The van der Waals surface area contributed by atoms with E-state index < -0.39 is 47.5 Å². The highest BCUT2D eigenvalue weighted by molar-refractivity contribution is 6.10. The molecule has 4 N–H and O–H groups in total. The van der Waals surface area contributed by atoms with Crippen LogP contribution in [0.1, 0.15) is 11.1 Å². The molecule has 1 saturated carbocycles. The van der Waals surface area contributed by atoms with E-state index in [1.54, 1.807) is 0 Å². The Kier molecular flexibility index (Phi) is 4.83. The average Bonchev–Trinajstić information content (AvgIpc) is 3.05. The number of carbonyl (C=O) groups excluding carboxylic acids is 4. The summed E-state index contributed by atoms with van der Waals surface area (Å²) in [7, 11) is 0. The second kappa shape index (κ2) is 7.47. The summed E-state index contributed by atoms with van der Waals surface area (Å²) < 4.78 is 8.69. The zero-order valence-corrected chi connectivity index (χ0v) is 15.7. The van der Waals surface area contributed by atoms with Crippen molar-refractivity contribution >= 4 is 47.4 Å². The molecule has 0 atom stereocenters. The molecule has 30 heavy (non-hydrogen) atoms. The van der Waals surface area contributed by atoms with Gasteiger partial charge in [0.1, 0.15) is 0 Å². The molecule has 0 radical (unpaired) electrons. The van der Waals surface area contributed by atoms with E-state index in [2.05, 4.69) is 9.47 Å². The standard InChI is InChI=1S/C14H14N2.C8H4O6/c15-13-7-3-11(4-8-13)1-2-12-5-9-14(16)10-6-12;9-5-1-2(6(10)13-5)4-3(1)7(11)14-8(4)12/h1-10H,15-16H2;1-4H/b2-1+;. The third kappa shape index (κ3) is 3.43. The number of hydrogen-bond acceptors (Lipinski definition) is 8. The molecule has 0 unspecified atom stereocenters. The summed E-state index contributed by atoms with van der Waals surface area (Å²) in [6.45, 7) is 0. The molecule has 1 aliphatic carbocycles. The van der Waals surface area contributed by atoms with Crippen LogP contribution in [-0.2, 0) is 28.7 Å². The van der Waals surface area contributed by atoms with E-state index in [1.807, 2.05) is 60.7 Å². The minimum absolute atomic E-state index is 0.715. The van der Waals surface area contributed by atoms with E-state index in [0.717, 1.165) is 22.5 Å². The molecule has 2 heterocycles. The summed E-state index contributed by atoms with van der Waals surface area (Å²) in [4.78, 5) is 44.3. The Morgan fingerprint density at radius 3 is 1.07 bits per heavy atom. The fourth-order valence-electron chi connectivity index (χ4n) is 3.80. The van der Waals surface area contributed by atoms with Crippen molar-refractivity contribution in [3.05, 3.63) is 59.7 Å². The fourth-order valence-corrected chi connectivity index (χ4v) is 3.80. The van der Waals surface area contributed by atoms with Crippen LogP contribution < -0.4 is 11.5 Å². The van der Waals surface area contributed by atoms with Crippen molar-refractivity contribution in [3.8, 4) is 0 Å². The third-order valence-corrected chi connectivity index (χ3v) is 5.38. The maximum Gasteiger partial charge on any atom is 0.318 e. The van der Waals surface area contributed by atoms with Crippen molar-refractivity contribution in [2.75, 3.05) is 11.5 Å². The second-order valence-electron chi connectivity index (χ2n) is 7.25. The average molecular weight is 406 g/mol. The van der Waals surface area contributed by atoms with Crippen molar-refractivity contribution in [2.45, 2.75) is 0 Å². The van der Waals surface area contributed by atoms with Crippen LogP contribution >= 0.6 is 0 Å². The molecular formula is C22H18N2O6. The summed E-state index contributed by atoms with van der Waals surface area (Å²) >= 11 is 0. The van der Waals surface area contributed by atoms with Gasteiger partial charge in [-0.05, 0) is 35.4 Å². The van der Waals surface area contributed by atoms with Gasteiger partial charge in [0.25, 0.3) is 0 Å². The SMILES string of the molecule is Nc1ccc(/C=C/c2ccc(N)cc2)cc1.O=C1OC(=O)C2C1C1C(=O)OC(=O)C21. The first-order chi connectivity index (χ1) is 14.3. The molecule has 8 nitrogen and oxygen atoms in total. The minimum Gasteiger partial charge on any atom is -0.399 e. The van der Waals surface area contributed by atoms with Gasteiger partial charge in [-0.1, -0.05) is 36.4 Å². The molecule has 2 aromatic rings. The maximum atomic E-state index is 11.1. The van der Waals surface area contributed by atoms with Crippen molar-refractivity contribution in [1.29, 1.82) is 0 Å². The Morgan fingerprint density at radius 2 is 0.800 bits per heavy atom. The van der Waals surface area contributed by atoms with Gasteiger partial charge in [-0.2, -0.15) is 0 Å². The molecule has 2 aliphatic heterocycles. The first-order valence-corrected chi connectivity index (χ1v) is 9.25. The lowest BCUT2D eigenvalue weighted by molar-refractivity contribution is -0.158. The minimum atomic E-state index is -0.786. The van der Waals surface area contributed by atoms with Crippen molar-refractivity contribution < 1.29 is 28.7 Å². The molecule has 5 rings (SSSR count). The number of carbonyl (C=O) groups is 4. The van der Waals surface area contributed by atoms with Crippen LogP contribution in [0.25, 0.3) is 12.2 Å². The van der Waals surface area contributed by atoms with Crippen LogP contribution in [0.3, 0.4) is 0 Å². The number of hydrogen-bond donors (Lipinski definition) is 2.